The second-order valence-electron chi connectivity index (χ2n) is 3.42. The van der Waals surface area contributed by atoms with E-state index in [1.165, 1.54) is 22.4 Å². The van der Waals surface area contributed by atoms with Gasteiger partial charge in [-0.25, -0.2) is 0 Å². The summed E-state index contributed by atoms with van der Waals surface area (Å²) in [5.41, 5.74) is 1.24. The fraction of sp³-hybridized carbons (Fsp3) is 0.0714. The molecular formula is C14H11N. The molecular weight excluding hydrogens is 182 g/mol. The van der Waals surface area contributed by atoms with E-state index in [1.54, 1.807) is 0 Å². The molecule has 0 saturated heterocycles. The number of rotatable bonds is 2. The Kier molecular flexibility index (Phi) is 2.80. The topological polar surface area (TPSA) is 23.8 Å². The van der Waals surface area contributed by atoms with Crippen molar-refractivity contribution in [2.75, 3.05) is 0 Å². The molecule has 0 heterocycles. The second-order valence-corrected chi connectivity index (χ2v) is 3.42. The number of hydrogen-bond donors (Lipinski definition) is 0. The molecule has 1 heteroatoms. The van der Waals surface area contributed by atoms with Crippen LogP contribution in [0.15, 0.2) is 54.6 Å². The zero-order valence-electron chi connectivity index (χ0n) is 8.35. The lowest BCUT2D eigenvalue weighted by molar-refractivity contribution is 1.28. The summed E-state index contributed by atoms with van der Waals surface area (Å²) in [6.07, 6.45) is 4.22. The van der Waals surface area contributed by atoms with Crippen LogP contribution in [0, 0.1) is 11.3 Å². The third-order valence-electron chi connectivity index (χ3n) is 2.36. The summed E-state index contributed by atoms with van der Waals surface area (Å²) in [5, 5.41) is 10.9. The maximum absolute atomic E-state index is 8.38. The molecule has 0 aromatic heterocycles. The van der Waals surface area contributed by atoms with Gasteiger partial charge in [-0.3, -0.25) is 0 Å². The number of fused-ring (bicyclic) bond motifs is 1. The molecule has 0 atom stereocenters. The first-order valence-corrected chi connectivity index (χ1v) is 4.92. The molecule has 0 N–H and O–H groups in total. The predicted molar refractivity (Wildman–Crippen MR) is 62.4 cm³/mol. The highest BCUT2D eigenvalue weighted by Gasteiger charge is 1.93. The average Bonchev–Trinajstić information content (AvgIpc) is 2.29. The summed E-state index contributed by atoms with van der Waals surface area (Å²) >= 11 is 0. The van der Waals surface area contributed by atoms with Crippen molar-refractivity contribution in [1.82, 2.24) is 0 Å². The molecule has 72 valence electrons. The molecule has 0 spiro atoms. The summed E-state index contributed by atoms with van der Waals surface area (Å²) in [5.74, 6) is 0. The summed E-state index contributed by atoms with van der Waals surface area (Å²) in [7, 11) is 0. The van der Waals surface area contributed by atoms with E-state index in [9.17, 15) is 0 Å². The van der Waals surface area contributed by atoms with Gasteiger partial charge in [0.15, 0.2) is 0 Å². The van der Waals surface area contributed by atoms with Crippen LogP contribution in [-0.4, -0.2) is 0 Å². The van der Waals surface area contributed by atoms with Gasteiger partial charge >= 0.3 is 0 Å². The van der Waals surface area contributed by atoms with Gasteiger partial charge in [0.2, 0.25) is 0 Å². The monoisotopic (exact) mass is 193 g/mol. The first-order chi connectivity index (χ1) is 7.40. The minimum absolute atomic E-state index is 0.818. The van der Waals surface area contributed by atoms with Crippen molar-refractivity contribution in [2.45, 2.75) is 6.42 Å². The Balaban J connectivity index is 2.31. The largest absolute Gasteiger partial charge is 0.193 e. The first kappa shape index (κ1) is 9.48. The third kappa shape index (κ3) is 2.24. The van der Waals surface area contributed by atoms with E-state index in [2.05, 4.69) is 30.3 Å². The molecule has 0 saturated carbocycles. The Morgan fingerprint density at radius 1 is 1.07 bits per heavy atom. The standard InChI is InChI=1S/C14H11N/c15-10-4-3-5-12-8-9-13-6-1-2-7-14(13)11-12/h1-4,6-9,11H,5H2. The van der Waals surface area contributed by atoms with Crippen LogP contribution in [0.25, 0.3) is 10.8 Å². The molecule has 0 unspecified atom stereocenters. The van der Waals surface area contributed by atoms with Crippen LogP contribution in [0.5, 0.6) is 0 Å². The van der Waals surface area contributed by atoms with Gasteiger partial charge in [0.1, 0.15) is 0 Å². The van der Waals surface area contributed by atoms with Crippen molar-refractivity contribution < 1.29 is 0 Å². The zero-order chi connectivity index (χ0) is 10.5. The number of nitrogens with zero attached hydrogens (tertiary/aromatic N) is 1. The summed E-state index contributed by atoms with van der Waals surface area (Å²) in [6.45, 7) is 0. The van der Waals surface area contributed by atoms with Gasteiger partial charge in [0.25, 0.3) is 0 Å². The molecule has 0 aliphatic carbocycles. The molecule has 15 heavy (non-hydrogen) atoms. The van der Waals surface area contributed by atoms with Gasteiger partial charge in [0, 0.05) is 6.08 Å². The van der Waals surface area contributed by atoms with Crippen LogP contribution in [0.4, 0.5) is 0 Å². The highest BCUT2D eigenvalue weighted by atomic mass is 14.2. The minimum Gasteiger partial charge on any atom is -0.193 e. The van der Waals surface area contributed by atoms with Crippen molar-refractivity contribution >= 4 is 10.8 Å². The summed E-state index contributed by atoms with van der Waals surface area (Å²) in [4.78, 5) is 0. The molecule has 0 bridgehead atoms. The van der Waals surface area contributed by atoms with Gasteiger partial charge < -0.3 is 0 Å². The van der Waals surface area contributed by atoms with Crippen LogP contribution in [-0.2, 0) is 6.42 Å². The normalized spacial score (nSPS) is 10.6. The summed E-state index contributed by atoms with van der Waals surface area (Å²) < 4.78 is 0. The molecule has 0 amide bonds. The lowest BCUT2D eigenvalue weighted by Crippen LogP contribution is -1.81. The van der Waals surface area contributed by atoms with Gasteiger partial charge in [-0.05, 0) is 22.8 Å². The SMILES string of the molecule is N#CC=CCc1ccc2ccccc2c1. The van der Waals surface area contributed by atoms with Crippen molar-refractivity contribution in [3.63, 3.8) is 0 Å². The molecule has 2 aromatic carbocycles. The highest BCUT2D eigenvalue weighted by Crippen LogP contribution is 2.15. The van der Waals surface area contributed by atoms with E-state index in [4.69, 9.17) is 5.26 Å². The van der Waals surface area contributed by atoms with Crippen LogP contribution >= 0.6 is 0 Å². The van der Waals surface area contributed by atoms with E-state index >= 15 is 0 Å². The van der Waals surface area contributed by atoms with E-state index in [1.807, 2.05) is 24.3 Å². The number of allylic oxidation sites excluding steroid dienone is 2. The minimum atomic E-state index is 0.818. The lowest BCUT2D eigenvalue weighted by atomic mass is 10.1. The lowest BCUT2D eigenvalue weighted by Gasteiger charge is -2.00. The van der Waals surface area contributed by atoms with Gasteiger partial charge in [-0.15, -0.1) is 0 Å². The molecule has 0 aliphatic heterocycles. The predicted octanol–water partition coefficient (Wildman–Crippen LogP) is 3.46. The first-order valence-electron chi connectivity index (χ1n) is 4.92. The van der Waals surface area contributed by atoms with Crippen molar-refractivity contribution in [3.8, 4) is 6.07 Å². The van der Waals surface area contributed by atoms with Crippen LogP contribution in [0.3, 0.4) is 0 Å². The Morgan fingerprint density at radius 2 is 1.87 bits per heavy atom. The number of benzene rings is 2. The number of hydrogen-bond acceptors (Lipinski definition) is 1. The molecule has 2 rings (SSSR count). The van der Waals surface area contributed by atoms with E-state index in [0.717, 1.165) is 6.42 Å². The fourth-order valence-corrected chi connectivity index (χ4v) is 1.61. The van der Waals surface area contributed by atoms with Crippen molar-refractivity contribution in [3.05, 3.63) is 60.2 Å². The highest BCUT2D eigenvalue weighted by molar-refractivity contribution is 5.83. The maximum atomic E-state index is 8.38. The summed E-state index contributed by atoms with van der Waals surface area (Å²) in [6, 6.07) is 16.7. The van der Waals surface area contributed by atoms with E-state index in [0.29, 0.717) is 0 Å². The van der Waals surface area contributed by atoms with Crippen LogP contribution in [0.2, 0.25) is 0 Å². The fourth-order valence-electron chi connectivity index (χ4n) is 1.61. The van der Waals surface area contributed by atoms with E-state index in [-0.39, 0.29) is 0 Å². The Hall–Kier alpha value is -2.07. The van der Waals surface area contributed by atoms with Crippen LogP contribution in [0.1, 0.15) is 5.56 Å². The quantitative estimate of drug-likeness (QED) is 0.670. The molecule has 0 radical (unpaired) electrons. The van der Waals surface area contributed by atoms with Crippen molar-refractivity contribution in [1.29, 1.82) is 5.26 Å². The van der Waals surface area contributed by atoms with E-state index < -0.39 is 0 Å². The van der Waals surface area contributed by atoms with Gasteiger partial charge in [-0.1, -0.05) is 48.5 Å². The number of nitriles is 1. The maximum Gasteiger partial charge on any atom is 0.0908 e. The molecule has 0 aliphatic rings. The third-order valence-corrected chi connectivity index (χ3v) is 2.36. The smallest absolute Gasteiger partial charge is 0.0908 e. The molecule has 0 fully saturated rings. The Bertz CT molecular complexity index is 532. The van der Waals surface area contributed by atoms with Gasteiger partial charge in [-0.2, -0.15) is 5.26 Å². The van der Waals surface area contributed by atoms with Gasteiger partial charge in [0.05, 0.1) is 6.07 Å². The Labute approximate surface area is 89.3 Å². The zero-order valence-corrected chi connectivity index (χ0v) is 8.35. The second kappa shape index (κ2) is 4.43. The average molecular weight is 193 g/mol. The van der Waals surface area contributed by atoms with Crippen LogP contribution < -0.4 is 0 Å². The van der Waals surface area contributed by atoms with Crippen molar-refractivity contribution in [2.24, 2.45) is 0 Å². The molecule has 2 aromatic rings. The molecule has 1 nitrogen and oxygen atoms in total. The Morgan fingerprint density at radius 3 is 2.67 bits per heavy atom.